The van der Waals surface area contributed by atoms with Crippen LogP contribution in [0.4, 0.5) is 0 Å². The molecule has 102 valence electrons. The zero-order valence-electron chi connectivity index (χ0n) is 11.5. The first-order valence-electron chi connectivity index (χ1n) is 6.96. The predicted molar refractivity (Wildman–Crippen MR) is 70.1 cm³/mol. The van der Waals surface area contributed by atoms with Crippen LogP contribution in [0.15, 0.2) is 0 Å². The number of aryl methyl sites for hydroxylation is 1. The van der Waals surface area contributed by atoms with Gasteiger partial charge >= 0.3 is 0 Å². The van der Waals surface area contributed by atoms with E-state index in [9.17, 15) is 0 Å². The fraction of sp³-hybridized carbons (Fsp3) is 0.917. The Balaban J connectivity index is 1.82. The van der Waals surface area contributed by atoms with Crippen molar-refractivity contribution in [3.8, 4) is 0 Å². The first-order chi connectivity index (χ1) is 8.79. The lowest BCUT2D eigenvalue weighted by Crippen LogP contribution is -2.42. The van der Waals surface area contributed by atoms with E-state index in [1.807, 2.05) is 4.68 Å². The Morgan fingerprint density at radius 2 is 2.33 bits per heavy atom. The van der Waals surface area contributed by atoms with Crippen LogP contribution >= 0.6 is 0 Å². The number of nitrogens with zero attached hydrogens (tertiary/aromatic N) is 5. The van der Waals surface area contributed by atoms with Gasteiger partial charge in [-0.15, -0.1) is 5.10 Å². The smallest absolute Gasteiger partial charge is 0.165 e. The second-order valence-corrected chi connectivity index (χ2v) is 5.16. The molecule has 0 amide bonds. The molecule has 1 unspecified atom stereocenters. The maximum absolute atomic E-state index is 4.11. The number of hydrogen-bond acceptors (Lipinski definition) is 5. The van der Waals surface area contributed by atoms with Gasteiger partial charge in [0.05, 0.1) is 6.54 Å². The Morgan fingerprint density at radius 1 is 1.44 bits per heavy atom. The van der Waals surface area contributed by atoms with E-state index in [0.717, 1.165) is 38.4 Å². The van der Waals surface area contributed by atoms with Gasteiger partial charge < -0.3 is 5.32 Å². The molecule has 6 heteroatoms. The minimum absolute atomic E-state index is 0.624. The number of likely N-dealkylation sites (N-methyl/N-ethyl adjacent to an activating group) is 1. The third-order valence-corrected chi connectivity index (χ3v) is 3.40. The topological polar surface area (TPSA) is 58.9 Å². The van der Waals surface area contributed by atoms with Crippen molar-refractivity contribution in [1.29, 1.82) is 0 Å². The highest BCUT2D eigenvalue weighted by atomic mass is 15.5. The SMILES string of the molecule is CCCn1nnnc1CN(C)CC1CCCCN1. The van der Waals surface area contributed by atoms with E-state index in [4.69, 9.17) is 0 Å². The van der Waals surface area contributed by atoms with Gasteiger partial charge in [0.2, 0.25) is 0 Å². The Morgan fingerprint density at radius 3 is 3.06 bits per heavy atom. The normalized spacial score (nSPS) is 20.5. The molecule has 1 aromatic rings. The van der Waals surface area contributed by atoms with Gasteiger partial charge in [0, 0.05) is 19.1 Å². The van der Waals surface area contributed by atoms with E-state index in [1.54, 1.807) is 0 Å². The number of nitrogens with one attached hydrogen (secondary N) is 1. The van der Waals surface area contributed by atoms with Crippen LogP contribution in [-0.4, -0.2) is 51.3 Å². The minimum atomic E-state index is 0.624. The Bertz CT molecular complexity index is 344. The van der Waals surface area contributed by atoms with Gasteiger partial charge in [-0.25, -0.2) is 4.68 Å². The highest BCUT2D eigenvalue weighted by molar-refractivity contribution is 4.82. The molecule has 0 spiro atoms. The van der Waals surface area contributed by atoms with Crippen LogP contribution in [-0.2, 0) is 13.1 Å². The van der Waals surface area contributed by atoms with Gasteiger partial charge in [-0.1, -0.05) is 13.3 Å². The average molecular weight is 252 g/mol. The highest BCUT2D eigenvalue weighted by Gasteiger charge is 2.16. The molecule has 18 heavy (non-hydrogen) atoms. The van der Waals surface area contributed by atoms with Crippen molar-refractivity contribution in [3.05, 3.63) is 5.82 Å². The van der Waals surface area contributed by atoms with Crippen LogP contribution in [0.2, 0.25) is 0 Å². The van der Waals surface area contributed by atoms with Crippen molar-refractivity contribution in [2.75, 3.05) is 20.1 Å². The first-order valence-corrected chi connectivity index (χ1v) is 6.96. The van der Waals surface area contributed by atoms with Crippen molar-refractivity contribution < 1.29 is 0 Å². The molecule has 2 rings (SSSR count). The Kier molecular flexibility index (Phi) is 5.07. The zero-order chi connectivity index (χ0) is 12.8. The molecule has 6 nitrogen and oxygen atoms in total. The summed E-state index contributed by atoms with van der Waals surface area (Å²) >= 11 is 0. The second kappa shape index (κ2) is 6.80. The first kappa shape index (κ1) is 13.4. The Hall–Kier alpha value is -1.01. The quantitative estimate of drug-likeness (QED) is 0.806. The van der Waals surface area contributed by atoms with Crippen LogP contribution in [0, 0.1) is 0 Å². The van der Waals surface area contributed by atoms with Gasteiger partial charge in [-0.2, -0.15) is 0 Å². The summed E-state index contributed by atoms with van der Waals surface area (Å²) in [6.45, 7) is 6.09. The molecule has 0 radical (unpaired) electrons. The molecule has 1 atom stereocenters. The van der Waals surface area contributed by atoms with E-state index in [-0.39, 0.29) is 0 Å². The van der Waals surface area contributed by atoms with Crippen LogP contribution in [0.5, 0.6) is 0 Å². The summed E-state index contributed by atoms with van der Waals surface area (Å²) in [4.78, 5) is 2.31. The lowest BCUT2D eigenvalue weighted by Gasteiger charge is -2.27. The number of tetrazole rings is 1. The summed E-state index contributed by atoms with van der Waals surface area (Å²) in [5, 5.41) is 15.5. The molecular formula is C12H24N6. The number of aromatic nitrogens is 4. The van der Waals surface area contributed by atoms with Crippen molar-refractivity contribution in [3.63, 3.8) is 0 Å². The van der Waals surface area contributed by atoms with E-state index in [2.05, 4.69) is 39.7 Å². The molecular weight excluding hydrogens is 228 g/mol. The maximum atomic E-state index is 4.11. The summed E-state index contributed by atoms with van der Waals surface area (Å²) in [7, 11) is 2.14. The number of rotatable bonds is 6. The summed E-state index contributed by atoms with van der Waals surface area (Å²) in [5.41, 5.74) is 0. The summed E-state index contributed by atoms with van der Waals surface area (Å²) < 4.78 is 1.91. The van der Waals surface area contributed by atoms with Crippen molar-refractivity contribution >= 4 is 0 Å². The highest BCUT2D eigenvalue weighted by Crippen LogP contribution is 2.09. The van der Waals surface area contributed by atoms with Gasteiger partial charge in [0.15, 0.2) is 5.82 Å². The zero-order valence-corrected chi connectivity index (χ0v) is 11.5. The molecule has 0 aliphatic carbocycles. The summed E-state index contributed by atoms with van der Waals surface area (Å²) in [6.07, 6.45) is 5.00. The van der Waals surface area contributed by atoms with Crippen LogP contribution < -0.4 is 5.32 Å². The average Bonchev–Trinajstić information content (AvgIpc) is 2.78. The summed E-state index contributed by atoms with van der Waals surface area (Å²) in [5.74, 6) is 0.968. The number of hydrogen-bond donors (Lipinski definition) is 1. The third-order valence-electron chi connectivity index (χ3n) is 3.40. The standard InChI is InChI=1S/C12H24N6/c1-3-8-18-12(14-15-16-18)10-17(2)9-11-6-4-5-7-13-11/h11,13H,3-10H2,1-2H3. The molecule has 0 aromatic carbocycles. The Labute approximate surface area is 109 Å². The molecule has 1 aromatic heterocycles. The minimum Gasteiger partial charge on any atom is -0.313 e. The predicted octanol–water partition coefficient (Wildman–Crippen LogP) is 0.657. The summed E-state index contributed by atoms with van der Waals surface area (Å²) in [6, 6.07) is 0.624. The molecule has 1 fully saturated rings. The monoisotopic (exact) mass is 252 g/mol. The van der Waals surface area contributed by atoms with Crippen molar-refractivity contribution in [2.45, 2.75) is 51.7 Å². The molecule has 1 aliphatic rings. The molecule has 0 bridgehead atoms. The van der Waals surface area contributed by atoms with Gasteiger partial charge in [-0.05, 0) is 43.3 Å². The van der Waals surface area contributed by atoms with Gasteiger partial charge in [0.1, 0.15) is 0 Å². The van der Waals surface area contributed by atoms with Gasteiger partial charge in [0.25, 0.3) is 0 Å². The largest absolute Gasteiger partial charge is 0.313 e. The second-order valence-electron chi connectivity index (χ2n) is 5.16. The fourth-order valence-corrected chi connectivity index (χ4v) is 2.48. The molecule has 1 aliphatic heterocycles. The molecule has 1 saturated heterocycles. The van der Waals surface area contributed by atoms with E-state index >= 15 is 0 Å². The van der Waals surface area contributed by atoms with Crippen LogP contribution in [0.1, 0.15) is 38.4 Å². The van der Waals surface area contributed by atoms with Gasteiger partial charge in [-0.3, -0.25) is 4.90 Å². The van der Waals surface area contributed by atoms with E-state index in [1.165, 1.54) is 19.3 Å². The lowest BCUT2D eigenvalue weighted by atomic mass is 10.0. The van der Waals surface area contributed by atoms with Crippen LogP contribution in [0.25, 0.3) is 0 Å². The lowest BCUT2D eigenvalue weighted by molar-refractivity contribution is 0.248. The maximum Gasteiger partial charge on any atom is 0.165 e. The molecule has 1 N–H and O–H groups in total. The van der Waals surface area contributed by atoms with E-state index in [0.29, 0.717) is 6.04 Å². The third kappa shape index (κ3) is 3.74. The van der Waals surface area contributed by atoms with E-state index < -0.39 is 0 Å². The van der Waals surface area contributed by atoms with Crippen molar-refractivity contribution in [2.24, 2.45) is 0 Å². The number of piperidine rings is 1. The molecule has 2 heterocycles. The van der Waals surface area contributed by atoms with Crippen molar-refractivity contribution in [1.82, 2.24) is 30.4 Å². The molecule has 0 saturated carbocycles. The fourth-order valence-electron chi connectivity index (χ4n) is 2.48. The van der Waals surface area contributed by atoms with Crippen LogP contribution in [0.3, 0.4) is 0 Å².